The summed E-state index contributed by atoms with van der Waals surface area (Å²) in [7, 11) is 1.90. The average molecular weight is 195 g/mol. The summed E-state index contributed by atoms with van der Waals surface area (Å²) in [6.07, 6.45) is 0.831. The molecule has 0 aliphatic carbocycles. The van der Waals surface area contributed by atoms with Crippen molar-refractivity contribution in [1.29, 1.82) is 0 Å². The van der Waals surface area contributed by atoms with Crippen LogP contribution in [-0.2, 0) is 13.0 Å². The largest absolute Gasteiger partial charge is 0.478 e. The number of hydrogen-bond donors (Lipinski definition) is 1. The van der Waals surface area contributed by atoms with Crippen LogP contribution in [-0.4, -0.2) is 23.6 Å². The van der Waals surface area contributed by atoms with E-state index in [-0.39, 0.29) is 0 Å². The van der Waals surface area contributed by atoms with Gasteiger partial charge in [-0.25, -0.2) is 4.98 Å². The molecule has 1 aromatic rings. The predicted octanol–water partition coefficient (Wildman–Crippen LogP) is 1.16. The highest BCUT2D eigenvalue weighted by Crippen LogP contribution is 2.09. The van der Waals surface area contributed by atoms with E-state index in [0.29, 0.717) is 12.5 Å². The fourth-order valence-electron chi connectivity index (χ4n) is 1.18. The summed E-state index contributed by atoms with van der Waals surface area (Å²) in [5.74, 6) is 1.51. The molecule has 0 amide bonds. The summed E-state index contributed by atoms with van der Waals surface area (Å²) in [5.41, 5.74) is 0.975. The number of aromatic nitrogens is 2. The first-order chi connectivity index (χ1) is 6.80. The Bertz CT molecular complexity index is 264. The molecule has 0 fully saturated rings. The molecule has 4 nitrogen and oxygen atoms in total. The summed E-state index contributed by atoms with van der Waals surface area (Å²) >= 11 is 0. The van der Waals surface area contributed by atoms with Gasteiger partial charge in [0, 0.05) is 19.0 Å². The van der Waals surface area contributed by atoms with Crippen molar-refractivity contribution in [2.75, 3.05) is 13.7 Å². The van der Waals surface area contributed by atoms with E-state index in [0.717, 1.165) is 24.5 Å². The lowest BCUT2D eigenvalue weighted by atomic mass is 10.3. The molecule has 0 saturated carbocycles. The van der Waals surface area contributed by atoms with Crippen LogP contribution < -0.4 is 10.1 Å². The van der Waals surface area contributed by atoms with Gasteiger partial charge in [0.2, 0.25) is 5.88 Å². The Morgan fingerprint density at radius 3 is 2.71 bits per heavy atom. The van der Waals surface area contributed by atoms with Gasteiger partial charge in [-0.15, -0.1) is 0 Å². The van der Waals surface area contributed by atoms with Crippen molar-refractivity contribution in [3.8, 4) is 5.88 Å². The van der Waals surface area contributed by atoms with E-state index in [4.69, 9.17) is 4.74 Å². The van der Waals surface area contributed by atoms with Crippen molar-refractivity contribution >= 4 is 0 Å². The van der Waals surface area contributed by atoms with Gasteiger partial charge in [-0.3, -0.25) is 0 Å². The molecule has 0 saturated heterocycles. The monoisotopic (exact) mass is 195 g/mol. The standard InChI is InChI=1S/C10H17N3O/c1-4-9-12-8(7-11-3)6-10(13-9)14-5-2/h6,11H,4-5,7H2,1-3H3. The molecule has 1 rings (SSSR count). The number of ether oxygens (including phenoxy) is 1. The maximum absolute atomic E-state index is 5.36. The molecule has 0 unspecified atom stereocenters. The lowest BCUT2D eigenvalue weighted by molar-refractivity contribution is 0.324. The Kier molecular flexibility index (Phi) is 4.32. The molecular weight excluding hydrogens is 178 g/mol. The Hall–Kier alpha value is -1.16. The minimum absolute atomic E-state index is 0.638. The van der Waals surface area contributed by atoms with E-state index < -0.39 is 0 Å². The quantitative estimate of drug-likeness (QED) is 0.765. The highest BCUT2D eigenvalue weighted by Gasteiger charge is 2.02. The van der Waals surface area contributed by atoms with E-state index >= 15 is 0 Å². The van der Waals surface area contributed by atoms with Gasteiger partial charge < -0.3 is 10.1 Å². The number of aryl methyl sites for hydroxylation is 1. The van der Waals surface area contributed by atoms with E-state index in [1.807, 2.05) is 27.0 Å². The van der Waals surface area contributed by atoms with Gasteiger partial charge in [0.05, 0.1) is 12.3 Å². The van der Waals surface area contributed by atoms with Crippen molar-refractivity contribution in [1.82, 2.24) is 15.3 Å². The lowest BCUT2D eigenvalue weighted by Crippen LogP contribution is -2.10. The van der Waals surface area contributed by atoms with E-state index in [1.54, 1.807) is 0 Å². The Morgan fingerprint density at radius 1 is 1.36 bits per heavy atom. The molecule has 0 aliphatic rings. The first-order valence-electron chi connectivity index (χ1n) is 4.94. The smallest absolute Gasteiger partial charge is 0.216 e. The van der Waals surface area contributed by atoms with Crippen LogP contribution in [0.15, 0.2) is 6.07 Å². The molecule has 4 heteroatoms. The van der Waals surface area contributed by atoms with Crippen molar-refractivity contribution in [2.45, 2.75) is 26.8 Å². The molecule has 1 N–H and O–H groups in total. The zero-order valence-electron chi connectivity index (χ0n) is 9.00. The lowest BCUT2D eigenvalue weighted by Gasteiger charge is -2.06. The molecule has 0 radical (unpaired) electrons. The van der Waals surface area contributed by atoms with Gasteiger partial charge in [0.15, 0.2) is 0 Å². The van der Waals surface area contributed by atoms with Crippen molar-refractivity contribution in [3.05, 3.63) is 17.6 Å². The molecule has 0 aromatic carbocycles. The third kappa shape index (κ3) is 2.96. The molecule has 0 atom stereocenters. The van der Waals surface area contributed by atoms with Gasteiger partial charge in [-0.05, 0) is 14.0 Å². The maximum atomic E-state index is 5.36. The summed E-state index contributed by atoms with van der Waals surface area (Å²) in [5, 5.41) is 3.06. The van der Waals surface area contributed by atoms with Crippen LogP contribution in [0, 0.1) is 0 Å². The van der Waals surface area contributed by atoms with Gasteiger partial charge in [0.25, 0.3) is 0 Å². The van der Waals surface area contributed by atoms with Gasteiger partial charge >= 0.3 is 0 Å². The van der Waals surface area contributed by atoms with Gasteiger partial charge in [0.1, 0.15) is 5.82 Å². The molecule has 0 aliphatic heterocycles. The maximum Gasteiger partial charge on any atom is 0.216 e. The van der Waals surface area contributed by atoms with Crippen LogP contribution in [0.2, 0.25) is 0 Å². The van der Waals surface area contributed by atoms with E-state index in [1.165, 1.54) is 0 Å². The predicted molar refractivity (Wildman–Crippen MR) is 55.3 cm³/mol. The zero-order chi connectivity index (χ0) is 10.4. The van der Waals surface area contributed by atoms with Crippen molar-refractivity contribution in [2.24, 2.45) is 0 Å². The second-order valence-electron chi connectivity index (χ2n) is 2.93. The molecule has 1 aromatic heterocycles. The highest BCUT2D eigenvalue weighted by molar-refractivity contribution is 5.16. The first kappa shape index (κ1) is 10.9. The zero-order valence-corrected chi connectivity index (χ0v) is 9.00. The third-order valence-electron chi connectivity index (χ3n) is 1.77. The second-order valence-corrected chi connectivity index (χ2v) is 2.93. The SMILES string of the molecule is CCOc1cc(CNC)nc(CC)n1. The number of hydrogen-bond acceptors (Lipinski definition) is 4. The van der Waals surface area contributed by atoms with E-state index in [2.05, 4.69) is 15.3 Å². The molecule has 1 heterocycles. The summed E-state index contributed by atoms with van der Waals surface area (Å²) < 4.78 is 5.36. The van der Waals surface area contributed by atoms with Crippen LogP contribution in [0.4, 0.5) is 0 Å². The van der Waals surface area contributed by atoms with Crippen LogP contribution >= 0.6 is 0 Å². The van der Waals surface area contributed by atoms with Crippen LogP contribution in [0.3, 0.4) is 0 Å². The Labute approximate surface area is 84.7 Å². The van der Waals surface area contributed by atoms with Crippen LogP contribution in [0.25, 0.3) is 0 Å². The fourth-order valence-corrected chi connectivity index (χ4v) is 1.18. The topological polar surface area (TPSA) is 47.0 Å². The van der Waals surface area contributed by atoms with Crippen LogP contribution in [0.5, 0.6) is 5.88 Å². The summed E-state index contributed by atoms with van der Waals surface area (Å²) in [4.78, 5) is 8.63. The highest BCUT2D eigenvalue weighted by atomic mass is 16.5. The Morgan fingerprint density at radius 2 is 2.14 bits per heavy atom. The van der Waals surface area contributed by atoms with Gasteiger partial charge in [-0.2, -0.15) is 4.98 Å². The number of rotatable bonds is 5. The third-order valence-corrected chi connectivity index (χ3v) is 1.77. The number of nitrogens with one attached hydrogen (secondary N) is 1. The fraction of sp³-hybridized carbons (Fsp3) is 0.600. The Balaban J connectivity index is 2.88. The van der Waals surface area contributed by atoms with E-state index in [9.17, 15) is 0 Å². The minimum atomic E-state index is 0.638. The van der Waals surface area contributed by atoms with Gasteiger partial charge in [-0.1, -0.05) is 6.92 Å². The average Bonchev–Trinajstić information content (AvgIpc) is 2.18. The normalized spacial score (nSPS) is 10.2. The van der Waals surface area contributed by atoms with Crippen LogP contribution in [0.1, 0.15) is 25.4 Å². The molecule has 14 heavy (non-hydrogen) atoms. The summed E-state index contributed by atoms with van der Waals surface area (Å²) in [6.45, 7) is 5.37. The second kappa shape index (κ2) is 5.54. The minimum Gasteiger partial charge on any atom is -0.478 e. The van der Waals surface area contributed by atoms with Crippen molar-refractivity contribution in [3.63, 3.8) is 0 Å². The molecule has 0 bridgehead atoms. The molecule has 78 valence electrons. The molecule has 0 spiro atoms. The first-order valence-corrected chi connectivity index (χ1v) is 4.94. The summed E-state index contributed by atoms with van der Waals surface area (Å²) in [6, 6.07) is 1.87. The number of nitrogens with zero attached hydrogens (tertiary/aromatic N) is 2. The van der Waals surface area contributed by atoms with Crippen molar-refractivity contribution < 1.29 is 4.74 Å². The molecular formula is C10H17N3O.